The van der Waals surface area contributed by atoms with Gasteiger partial charge in [0.05, 0.1) is 0 Å². The van der Waals surface area contributed by atoms with Crippen molar-refractivity contribution in [3.8, 4) is 0 Å². The highest BCUT2D eigenvalue weighted by atomic mass is 79.9. The molecule has 0 saturated heterocycles. The number of carbonyl (C=O) groups excluding carboxylic acids is 1. The molecule has 2 aromatic carbocycles. The van der Waals surface area contributed by atoms with E-state index in [1.807, 2.05) is 31.2 Å². The normalized spacial score (nSPS) is 11.7. The Bertz CT molecular complexity index is 700. The Hall–Kier alpha value is -2.14. The van der Waals surface area contributed by atoms with Gasteiger partial charge in [-0.3, -0.25) is 4.79 Å². The monoisotopic (exact) mass is 361 g/mol. The summed E-state index contributed by atoms with van der Waals surface area (Å²) < 4.78 is 0.769. The first kappa shape index (κ1) is 16.2. The first-order valence-corrected chi connectivity index (χ1v) is 7.60. The van der Waals surface area contributed by atoms with Crippen molar-refractivity contribution in [2.45, 2.75) is 19.4 Å². The van der Waals surface area contributed by atoms with Crippen molar-refractivity contribution in [1.29, 1.82) is 0 Å². The number of hydrogen-bond acceptors (Lipinski definition) is 2. The van der Waals surface area contributed by atoms with Crippen molar-refractivity contribution in [1.82, 2.24) is 5.32 Å². The fraction of sp³-hybridized carbons (Fsp3) is 0.176. The third kappa shape index (κ3) is 4.18. The molecule has 1 atom stereocenters. The summed E-state index contributed by atoms with van der Waals surface area (Å²) in [5, 5.41) is 11.9. The molecule has 0 spiro atoms. The second-order valence-corrected chi connectivity index (χ2v) is 5.92. The minimum atomic E-state index is -1.05. The van der Waals surface area contributed by atoms with E-state index in [1.165, 1.54) is 0 Å². The van der Waals surface area contributed by atoms with E-state index in [-0.39, 0.29) is 6.42 Å². The van der Waals surface area contributed by atoms with Crippen LogP contribution in [-0.2, 0) is 11.2 Å². The van der Waals surface area contributed by atoms with E-state index in [0.717, 1.165) is 15.6 Å². The predicted molar refractivity (Wildman–Crippen MR) is 87.9 cm³/mol. The number of aryl methyl sites for hydroxylation is 1. The minimum Gasteiger partial charge on any atom is -0.480 e. The summed E-state index contributed by atoms with van der Waals surface area (Å²) in [5.74, 6) is -1.45. The summed E-state index contributed by atoms with van der Waals surface area (Å²) >= 11 is 3.29. The number of rotatable bonds is 5. The zero-order valence-electron chi connectivity index (χ0n) is 12.0. The Morgan fingerprint density at radius 2 is 1.91 bits per heavy atom. The average Bonchev–Trinajstić information content (AvgIpc) is 2.48. The summed E-state index contributed by atoms with van der Waals surface area (Å²) in [5.41, 5.74) is 2.33. The number of hydrogen-bond donors (Lipinski definition) is 2. The molecule has 0 radical (unpaired) electrons. The van der Waals surface area contributed by atoms with Gasteiger partial charge in [0.2, 0.25) is 0 Å². The number of carboxylic acids is 1. The molecule has 0 fully saturated rings. The van der Waals surface area contributed by atoms with E-state index < -0.39 is 17.9 Å². The fourth-order valence-corrected chi connectivity index (χ4v) is 2.53. The zero-order chi connectivity index (χ0) is 16.1. The lowest BCUT2D eigenvalue weighted by Crippen LogP contribution is -2.42. The second-order valence-electron chi connectivity index (χ2n) is 5.01. The Balaban J connectivity index is 2.14. The Morgan fingerprint density at radius 3 is 2.55 bits per heavy atom. The molecule has 1 amide bonds. The first-order valence-electron chi connectivity index (χ1n) is 6.81. The van der Waals surface area contributed by atoms with E-state index in [1.54, 1.807) is 24.3 Å². The molecule has 2 N–H and O–H groups in total. The van der Waals surface area contributed by atoms with Crippen molar-refractivity contribution >= 4 is 27.8 Å². The molecule has 0 bridgehead atoms. The summed E-state index contributed by atoms with van der Waals surface area (Å²) in [6, 6.07) is 13.4. The molecule has 0 aliphatic rings. The lowest BCUT2D eigenvalue weighted by molar-refractivity contribution is -0.139. The molecule has 2 aromatic rings. The van der Waals surface area contributed by atoms with Crippen LogP contribution < -0.4 is 5.32 Å². The van der Waals surface area contributed by atoms with Crippen LogP contribution in [0.25, 0.3) is 0 Å². The fourth-order valence-electron chi connectivity index (χ4n) is 2.13. The van der Waals surface area contributed by atoms with Gasteiger partial charge in [-0.05, 0) is 36.2 Å². The largest absolute Gasteiger partial charge is 0.480 e. The molecule has 4 nitrogen and oxygen atoms in total. The van der Waals surface area contributed by atoms with Gasteiger partial charge in [0, 0.05) is 16.5 Å². The molecule has 0 aliphatic heterocycles. The van der Waals surface area contributed by atoms with Gasteiger partial charge in [0.25, 0.3) is 5.91 Å². The predicted octanol–water partition coefficient (Wildman–Crippen LogP) is 3.18. The summed E-state index contributed by atoms with van der Waals surface area (Å²) in [7, 11) is 0. The van der Waals surface area contributed by atoms with E-state index in [0.29, 0.717) is 5.56 Å². The highest BCUT2D eigenvalue weighted by Crippen LogP contribution is 2.13. The Labute approximate surface area is 137 Å². The number of aliphatic carboxylic acids is 1. The van der Waals surface area contributed by atoms with Crippen LogP contribution in [0.3, 0.4) is 0 Å². The highest BCUT2D eigenvalue weighted by molar-refractivity contribution is 9.10. The van der Waals surface area contributed by atoms with Gasteiger partial charge >= 0.3 is 5.97 Å². The maximum atomic E-state index is 12.2. The lowest BCUT2D eigenvalue weighted by atomic mass is 10.0. The number of halogens is 1. The standard InChI is InChI=1S/C17H16BrNO3/c1-11-5-2-3-6-12(11)10-15(17(21)22)19-16(20)13-7-4-8-14(18)9-13/h2-9,15H,10H2,1H3,(H,19,20)(H,21,22)/t15-/m0/s1. The van der Waals surface area contributed by atoms with E-state index in [4.69, 9.17) is 0 Å². The van der Waals surface area contributed by atoms with Crippen LogP contribution in [0.15, 0.2) is 53.0 Å². The second kappa shape index (κ2) is 7.22. The SMILES string of the molecule is Cc1ccccc1C[C@H](NC(=O)c1cccc(Br)c1)C(=O)O. The summed E-state index contributed by atoms with van der Waals surface area (Å²) in [6.07, 6.45) is 0.252. The molecule has 22 heavy (non-hydrogen) atoms. The van der Waals surface area contributed by atoms with Crippen LogP contribution in [0.2, 0.25) is 0 Å². The number of carboxylic acid groups (broad SMARTS) is 1. The maximum absolute atomic E-state index is 12.2. The maximum Gasteiger partial charge on any atom is 0.326 e. The van der Waals surface area contributed by atoms with Crippen LogP contribution in [-0.4, -0.2) is 23.0 Å². The third-order valence-corrected chi connectivity index (χ3v) is 3.87. The van der Waals surface area contributed by atoms with E-state index in [9.17, 15) is 14.7 Å². The Morgan fingerprint density at radius 1 is 1.18 bits per heavy atom. The molecule has 0 heterocycles. The molecule has 0 aliphatic carbocycles. The van der Waals surface area contributed by atoms with Crippen LogP contribution in [0, 0.1) is 6.92 Å². The van der Waals surface area contributed by atoms with Gasteiger partial charge in [-0.2, -0.15) is 0 Å². The smallest absolute Gasteiger partial charge is 0.326 e. The number of nitrogens with one attached hydrogen (secondary N) is 1. The lowest BCUT2D eigenvalue weighted by Gasteiger charge is -2.16. The van der Waals surface area contributed by atoms with E-state index in [2.05, 4.69) is 21.2 Å². The summed E-state index contributed by atoms with van der Waals surface area (Å²) in [4.78, 5) is 23.6. The van der Waals surface area contributed by atoms with Crippen LogP contribution in [0.4, 0.5) is 0 Å². The van der Waals surface area contributed by atoms with Crippen molar-refractivity contribution in [3.05, 3.63) is 69.7 Å². The molecular weight excluding hydrogens is 346 g/mol. The Kier molecular flexibility index (Phi) is 5.33. The molecular formula is C17H16BrNO3. The molecule has 0 unspecified atom stereocenters. The molecule has 0 saturated carbocycles. The molecule has 5 heteroatoms. The van der Waals surface area contributed by atoms with Crippen molar-refractivity contribution in [3.63, 3.8) is 0 Å². The van der Waals surface area contributed by atoms with Crippen molar-refractivity contribution in [2.75, 3.05) is 0 Å². The molecule has 2 rings (SSSR count). The van der Waals surface area contributed by atoms with Crippen molar-refractivity contribution < 1.29 is 14.7 Å². The van der Waals surface area contributed by atoms with Crippen LogP contribution in [0.5, 0.6) is 0 Å². The number of amides is 1. The van der Waals surface area contributed by atoms with Gasteiger partial charge in [-0.1, -0.05) is 46.3 Å². The van der Waals surface area contributed by atoms with E-state index >= 15 is 0 Å². The van der Waals surface area contributed by atoms with Gasteiger partial charge in [-0.15, -0.1) is 0 Å². The minimum absolute atomic E-state index is 0.252. The topological polar surface area (TPSA) is 66.4 Å². The van der Waals surface area contributed by atoms with Gasteiger partial charge in [-0.25, -0.2) is 4.79 Å². The van der Waals surface area contributed by atoms with Crippen LogP contribution >= 0.6 is 15.9 Å². The average molecular weight is 362 g/mol. The van der Waals surface area contributed by atoms with Crippen LogP contribution in [0.1, 0.15) is 21.5 Å². The molecule has 0 aromatic heterocycles. The molecule has 114 valence electrons. The zero-order valence-corrected chi connectivity index (χ0v) is 13.6. The third-order valence-electron chi connectivity index (χ3n) is 3.38. The van der Waals surface area contributed by atoms with Gasteiger partial charge < -0.3 is 10.4 Å². The quantitative estimate of drug-likeness (QED) is 0.859. The van der Waals surface area contributed by atoms with Crippen molar-refractivity contribution in [2.24, 2.45) is 0 Å². The summed E-state index contributed by atoms with van der Waals surface area (Å²) in [6.45, 7) is 1.92. The highest BCUT2D eigenvalue weighted by Gasteiger charge is 2.21. The number of carbonyl (C=O) groups is 2. The number of benzene rings is 2. The van der Waals surface area contributed by atoms with Gasteiger partial charge in [0.15, 0.2) is 0 Å². The van der Waals surface area contributed by atoms with Gasteiger partial charge in [0.1, 0.15) is 6.04 Å². The first-order chi connectivity index (χ1) is 10.5.